The maximum Gasteiger partial charge on any atom is 0.407 e. The first-order valence-electron chi connectivity index (χ1n) is 20.3. The summed E-state index contributed by atoms with van der Waals surface area (Å²) in [4.78, 5) is 75.9. The zero-order chi connectivity index (χ0) is 40.5. The van der Waals surface area contributed by atoms with Gasteiger partial charge in [-0.25, -0.2) is 4.79 Å². The van der Waals surface area contributed by atoms with Crippen LogP contribution < -0.4 is 10.6 Å². The number of piperidine rings is 1. The predicted octanol–water partition coefficient (Wildman–Crippen LogP) is 3.42. The Morgan fingerprint density at radius 1 is 0.965 bits per heavy atom. The van der Waals surface area contributed by atoms with E-state index >= 15 is 0 Å². The molecular formula is C42H55N3O12. The van der Waals surface area contributed by atoms with Crippen LogP contribution in [-0.4, -0.2) is 116 Å². The number of aryl methyl sites for hydroxylation is 1. The number of nitrogens with zero attached hydrogens (tertiary/aromatic N) is 1. The monoisotopic (exact) mass is 793 g/mol. The first-order chi connectivity index (χ1) is 27.5. The Balaban J connectivity index is 0.823. The van der Waals surface area contributed by atoms with E-state index in [0.29, 0.717) is 76.5 Å². The van der Waals surface area contributed by atoms with Crippen molar-refractivity contribution in [3.8, 4) is 0 Å². The number of carbonyl (C=O) groups excluding carboxylic acids is 6. The molecule has 5 amide bonds. The molecule has 0 saturated carbocycles. The van der Waals surface area contributed by atoms with Crippen LogP contribution >= 0.6 is 0 Å². The molecule has 15 nitrogen and oxygen atoms in total. The molecule has 6 rings (SSSR count). The lowest BCUT2D eigenvalue weighted by atomic mass is 9.65. The molecule has 310 valence electrons. The van der Waals surface area contributed by atoms with Gasteiger partial charge in [0, 0.05) is 31.9 Å². The number of ether oxygens (including phenoxy) is 5. The number of hydrogen-bond acceptors (Lipinski definition) is 12. The van der Waals surface area contributed by atoms with Gasteiger partial charge in [0.2, 0.25) is 11.8 Å². The number of amides is 5. The Hall–Kier alpha value is -4.44. The molecule has 2 fully saturated rings. The normalized spacial score (nSPS) is 28.4. The van der Waals surface area contributed by atoms with Crippen molar-refractivity contribution in [1.82, 2.24) is 15.5 Å². The number of esters is 1. The largest absolute Gasteiger partial charge is 0.462 e. The van der Waals surface area contributed by atoms with Gasteiger partial charge in [-0.1, -0.05) is 44.2 Å². The van der Waals surface area contributed by atoms with Gasteiger partial charge in [-0.2, -0.15) is 0 Å². The van der Waals surface area contributed by atoms with E-state index in [4.69, 9.17) is 23.7 Å². The summed E-state index contributed by atoms with van der Waals surface area (Å²) in [6.07, 6.45) is 8.82. The third-order valence-corrected chi connectivity index (χ3v) is 11.5. The molecule has 8 atom stereocenters. The average Bonchev–Trinajstić information content (AvgIpc) is 3.41. The van der Waals surface area contributed by atoms with Crippen LogP contribution in [0.5, 0.6) is 0 Å². The zero-order valence-electron chi connectivity index (χ0n) is 32.8. The van der Waals surface area contributed by atoms with Crippen LogP contribution in [-0.2, 0) is 44.5 Å². The highest BCUT2D eigenvalue weighted by atomic mass is 16.6. The third-order valence-electron chi connectivity index (χ3n) is 11.5. The Morgan fingerprint density at radius 2 is 1.72 bits per heavy atom. The van der Waals surface area contributed by atoms with Crippen LogP contribution in [0.2, 0.25) is 0 Å². The second kappa shape index (κ2) is 19.8. The summed E-state index contributed by atoms with van der Waals surface area (Å²) < 4.78 is 28.4. The van der Waals surface area contributed by atoms with Gasteiger partial charge in [-0.05, 0) is 73.5 Å². The van der Waals surface area contributed by atoms with E-state index in [9.17, 15) is 33.9 Å². The van der Waals surface area contributed by atoms with Crippen molar-refractivity contribution in [1.29, 1.82) is 0 Å². The fourth-order valence-electron chi connectivity index (χ4n) is 8.74. The minimum Gasteiger partial charge on any atom is -0.462 e. The van der Waals surface area contributed by atoms with Crippen LogP contribution in [0.15, 0.2) is 42.0 Å². The van der Waals surface area contributed by atoms with E-state index in [0.717, 1.165) is 17.7 Å². The summed E-state index contributed by atoms with van der Waals surface area (Å²) in [6.45, 7) is 6.71. The van der Waals surface area contributed by atoms with Crippen LogP contribution in [0.25, 0.3) is 0 Å². The fourth-order valence-corrected chi connectivity index (χ4v) is 8.74. The summed E-state index contributed by atoms with van der Waals surface area (Å²) in [7, 11) is 0. The maximum atomic E-state index is 13.3. The number of benzene rings is 1. The van der Waals surface area contributed by atoms with Gasteiger partial charge in [-0.3, -0.25) is 34.2 Å². The van der Waals surface area contributed by atoms with Crippen LogP contribution in [0, 0.1) is 23.7 Å². The molecule has 2 saturated heterocycles. The topological polar surface area (TPSA) is 196 Å². The Labute approximate surface area is 332 Å². The SMILES string of the molecule is C[C@H]1C=C2C=C[C@H](C)C(CC[C@@H]3C[C@@H](O)CC(=O)O3)[C@H]2[C@@H](OC(=O)NCCOCCOCCOCCCc2cccc3c2C(=O)N(C2CCC(=O)NC2=O)C3=O)C1. The van der Waals surface area contributed by atoms with Gasteiger partial charge in [-0.15, -0.1) is 0 Å². The first kappa shape index (κ1) is 42.2. The highest BCUT2D eigenvalue weighted by molar-refractivity contribution is 6.24. The number of carbonyl (C=O) groups is 6. The van der Waals surface area contributed by atoms with Gasteiger partial charge in [0.1, 0.15) is 18.2 Å². The Bertz CT molecular complexity index is 1730. The Morgan fingerprint density at radius 3 is 2.47 bits per heavy atom. The van der Waals surface area contributed by atoms with Crippen molar-refractivity contribution in [2.24, 2.45) is 23.7 Å². The van der Waals surface area contributed by atoms with E-state index < -0.39 is 41.9 Å². The lowest BCUT2D eigenvalue weighted by Gasteiger charge is -2.43. The van der Waals surface area contributed by atoms with Crippen molar-refractivity contribution in [2.45, 2.75) is 96.0 Å². The smallest absolute Gasteiger partial charge is 0.407 e. The maximum absolute atomic E-state index is 13.3. The van der Waals surface area contributed by atoms with Crippen LogP contribution in [0.3, 0.4) is 0 Å². The number of aliphatic hydroxyl groups excluding tert-OH is 1. The summed E-state index contributed by atoms with van der Waals surface area (Å²) in [5.41, 5.74) is 2.46. The molecule has 3 aliphatic heterocycles. The summed E-state index contributed by atoms with van der Waals surface area (Å²) in [6, 6.07) is 4.10. The number of aliphatic hydroxyl groups is 1. The van der Waals surface area contributed by atoms with E-state index in [1.54, 1.807) is 18.2 Å². The highest BCUT2D eigenvalue weighted by Crippen LogP contribution is 2.45. The second-order valence-corrected chi connectivity index (χ2v) is 15.7. The van der Waals surface area contributed by atoms with Crippen LogP contribution in [0.1, 0.15) is 91.5 Å². The number of allylic oxidation sites excluding steroid dienone is 3. The van der Waals surface area contributed by atoms with Gasteiger partial charge >= 0.3 is 12.1 Å². The van der Waals surface area contributed by atoms with Crippen molar-refractivity contribution in [2.75, 3.05) is 46.2 Å². The summed E-state index contributed by atoms with van der Waals surface area (Å²) in [5, 5.41) is 15.1. The van der Waals surface area contributed by atoms with Crippen molar-refractivity contribution < 1.29 is 57.6 Å². The number of hydrogen-bond donors (Lipinski definition) is 3. The van der Waals surface area contributed by atoms with Gasteiger partial charge in [0.15, 0.2) is 0 Å². The number of alkyl carbamates (subject to hydrolysis) is 1. The zero-order valence-corrected chi connectivity index (χ0v) is 32.8. The molecule has 0 aromatic heterocycles. The third kappa shape index (κ3) is 10.7. The summed E-state index contributed by atoms with van der Waals surface area (Å²) in [5.74, 6) is -1.69. The van der Waals surface area contributed by atoms with Crippen LogP contribution in [0.4, 0.5) is 4.79 Å². The minimum atomic E-state index is -1.00. The molecule has 15 heteroatoms. The molecule has 5 aliphatic rings. The molecule has 1 aromatic rings. The van der Waals surface area contributed by atoms with E-state index in [1.165, 1.54) is 5.57 Å². The molecule has 2 unspecified atom stereocenters. The Kier molecular flexibility index (Phi) is 14.7. The van der Waals surface area contributed by atoms with E-state index in [1.807, 2.05) is 0 Å². The predicted molar refractivity (Wildman–Crippen MR) is 204 cm³/mol. The van der Waals surface area contributed by atoms with E-state index in [2.05, 4.69) is 42.7 Å². The molecule has 0 bridgehead atoms. The number of imide groups is 2. The number of nitrogens with one attached hydrogen (secondary N) is 2. The van der Waals surface area contributed by atoms with Crippen molar-refractivity contribution in [3.05, 3.63) is 58.7 Å². The minimum absolute atomic E-state index is 0.0376. The van der Waals surface area contributed by atoms with Gasteiger partial charge in [0.25, 0.3) is 11.8 Å². The lowest BCUT2D eigenvalue weighted by Crippen LogP contribution is -2.54. The molecule has 3 heterocycles. The number of fused-ring (bicyclic) bond motifs is 2. The number of cyclic esters (lactones) is 1. The molecule has 1 aromatic carbocycles. The molecule has 0 radical (unpaired) electrons. The standard InChI is InChI=1S/C42H55N3O12/c1-25-21-28-9-8-26(2)31(11-10-30-23-29(46)24-36(48)56-30)37(28)34(22-25)57-42(52)43-14-16-54-18-20-55-19-17-53-15-4-6-27-5-3-7-32-38(27)41(51)45(40(32)50)33-12-13-35(47)44-39(33)49/h3,5,7-9,21,25-26,29-31,33-34,37,46H,4,6,10-20,22-24H2,1-2H3,(H,43,52)(H,44,47,49)/t25-,26-,29+,30+,31?,33?,34-,37-/m0/s1. The molecule has 2 aliphatic carbocycles. The van der Waals surface area contributed by atoms with Gasteiger partial charge in [0.05, 0.1) is 56.7 Å². The lowest BCUT2D eigenvalue weighted by molar-refractivity contribution is -0.160. The van der Waals surface area contributed by atoms with Crippen molar-refractivity contribution >= 4 is 35.7 Å². The fraction of sp³-hybridized carbons (Fsp3) is 0.619. The average molecular weight is 794 g/mol. The van der Waals surface area contributed by atoms with Crippen molar-refractivity contribution in [3.63, 3.8) is 0 Å². The summed E-state index contributed by atoms with van der Waals surface area (Å²) >= 11 is 0. The molecule has 0 spiro atoms. The molecule has 57 heavy (non-hydrogen) atoms. The number of rotatable bonds is 18. The highest BCUT2D eigenvalue weighted by Gasteiger charge is 2.46. The second-order valence-electron chi connectivity index (χ2n) is 15.7. The quantitative estimate of drug-likeness (QED) is 0.112. The van der Waals surface area contributed by atoms with Gasteiger partial charge < -0.3 is 34.1 Å². The molecule has 3 N–H and O–H groups in total. The first-order valence-corrected chi connectivity index (χ1v) is 20.3. The molecular weight excluding hydrogens is 738 g/mol. The van der Waals surface area contributed by atoms with E-state index in [-0.39, 0.29) is 73.2 Å².